The van der Waals surface area contributed by atoms with E-state index < -0.39 is 0 Å². The van der Waals surface area contributed by atoms with E-state index >= 15 is 0 Å². The standard InChI is InChI=1S/C11H19N3O/c1-4-6-11(15)13(3)9-10-7-8-14(5-2)12-10/h7-8H,4-6,9H2,1-3H3. The Morgan fingerprint density at radius 3 is 2.80 bits per heavy atom. The molecule has 0 bridgehead atoms. The minimum Gasteiger partial charge on any atom is -0.340 e. The summed E-state index contributed by atoms with van der Waals surface area (Å²) >= 11 is 0. The van der Waals surface area contributed by atoms with Gasteiger partial charge in [-0.1, -0.05) is 6.92 Å². The van der Waals surface area contributed by atoms with Gasteiger partial charge in [-0.25, -0.2) is 0 Å². The first-order valence-corrected chi connectivity index (χ1v) is 5.43. The van der Waals surface area contributed by atoms with Gasteiger partial charge in [-0.05, 0) is 19.4 Å². The third-order valence-electron chi connectivity index (χ3n) is 2.31. The van der Waals surface area contributed by atoms with Crippen molar-refractivity contribution in [2.45, 2.75) is 39.8 Å². The molecule has 1 aromatic heterocycles. The summed E-state index contributed by atoms with van der Waals surface area (Å²) in [5, 5.41) is 4.33. The first-order valence-electron chi connectivity index (χ1n) is 5.43. The molecule has 0 aliphatic carbocycles. The second-order valence-corrected chi connectivity index (χ2v) is 3.66. The van der Waals surface area contributed by atoms with Gasteiger partial charge in [0.05, 0.1) is 12.2 Å². The lowest BCUT2D eigenvalue weighted by Crippen LogP contribution is -2.25. The number of nitrogens with zero attached hydrogens (tertiary/aromatic N) is 3. The van der Waals surface area contributed by atoms with Crippen molar-refractivity contribution in [2.24, 2.45) is 0 Å². The molecule has 0 aliphatic heterocycles. The highest BCUT2D eigenvalue weighted by Crippen LogP contribution is 2.03. The average Bonchev–Trinajstić information content (AvgIpc) is 2.66. The number of carbonyl (C=O) groups excluding carboxylic acids is 1. The molecular formula is C11H19N3O. The number of aryl methyl sites for hydroxylation is 1. The smallest absolute Gasteiger partial charge is 0.222 e. The van der Waals surface area contributed by atoms with E-state index in [1.165, 1.54) is 0 Å². The average molecular weight is 209 g/mol. The molecule has 0 aliphatic rings. The minimum atomic E-state index is 0.184. The molecule has 84 valence electrons. The van der Waals surface area contributed by atoms with Crippen molar-refractivity contribution in [3.8, 4) is 0 Å². The summed E-state index contributed by atoms with van der Waals surface area (Å²) in [6.07, 6.45) is 3.45. The number of amides is 1. The van der Waals surface area contributed by atoms with E-state index in [1.807, 2.05) is 37.8 Å². The van der Waals surface area contributed by atoms with Crippen molar-refractivity contribution in [1.82, 2.24) is 14.7 Å². The highest BCUT2D eigenvalue weighted by Gasteiger charge is 2.09. The Hall–Kier alpha value is -1.32. The Morgan fingerprint density at radius 2 is 2.27 bits per heavy atom. The summed E-state index contributed by atoms with van der Waals surface area (Å²) < 4.78 is 1.87. The summed E-state index contributed by atoms with van der Waals surface area (Å²) in [7, 11) is 1.82. The van der Waals surface area contributed by atoms with Gasteiger partial charge in [-0.2, -0.15) is 5.10 Å². The predicted molar refractivity (Wildman–Crippen MR) is 59.3 cm³/mol. The molecule has 0 atom stereocenters. The molecular weight excluding hydrogens is 190 g/mol. The van der Waals surface area contributed by atoms with Crippen molar-refractivity contribution < 1.29 is 4.79 Å². The fourth-order valence-electron chi connectivity index (χ4n) is 1.40. The van der Waals surface area contributed by atoms with Gasteiger partial charge in [0.25, 0.3) is 0 Å². The van der Waals surface area contributed by atoms with Crippen LogP contribution >= 0.6 is 0 Å². The fraction of sp³-hybridized carbons (Fsp3) is 0.636. The van der Waals surface area contributed by atoms with E-state index in [1.54, 1.807) is 4.90 Å². The molecule has 0 fully saturated rings. The van der Waals surface area contributed by atoms with Gasteiger partial charge >= 0.3 is 0 Å². The molecule has 0 unspecified atom stereocenters. The first kappa shape index (κ1) is 11.8. The van der Waals surface area contributed by atoms with Crippen LogP contribution in [0.1, 0.15) is 32.4 Å². The monoisotopic (exact) mass is 209 g/mol. The molecule has 15 heavy (non-hydrogen) atoms. The molecule has 1 aromatic rings. The van der Waals surface area contributed by atoms with Crippen LogP contribution in [-0.2, 0) is 17.9 Å². The lowest BCUT2D eigenvalue weighted by molar-refractivity contribution is -0.130. The maximum atomic E-state index is 11.5. The maximum Gasteiger partial charge on any atom is 0.222 e. The van der Waals surface area contributed by atoms with Gasteiger partial charge in [-0.3, -0.25) is 9.48 Å². The molecule has 0 N–H and O–H groups in total. The van der Waals surface area contributed by atoms with E-state index in [0.29, 0.717) is 13.0 Å². The van der Waals surface area contributed by atoms with Crippen LogP contribution < -0.4 is 0 Å². The molecule has 0 saturated heterocycles. The van der Waals surface area contributed by atoms with Crippen molar-refractivity contribution in [2.75, 3.05) is 7.05 Å². The Morgan fingerprint density at radius 1 is 1.53 bits per heavy atom. The Labute approximate surface area is 90.9 Å². The highest BCUT2D eigenvalue weighted by atomic mass is 16.2. The number of rotatable bonds is 5. The summed E-state index contributed by atoms with van der Waals surface area (Å²) in [6.45, 7) is 5.53. The largest absolute Gasteiger partial charge is 0.340 e. The van der Waals surface area contributed by atoms with Crippen LogP contribution in [0.25, 0.3) is 0 Å². The van der Waals surface area contributed by atoms with Crippen molar-refractivity contribution >= 4 is 5.91 Å². The molecule has 4 heteroatoms. The zero-order valence-electron chi connectivity index (χ0n) is 9.73. The molecule has 1 rings (SSSR count). The summed E-state index contributed by atoms with van der Waals surface area (Å²) in [5.41, 5.74) is 0.948. The lowest BCUT2D eigenvalue weighted by Gasteiger charge is -2.14. The summed E-state index contributed by atoms with van der Waals surface area (Å²) in [4.78, 5) is 13.2. The number of hydrogen-bond acceptors (Lipinski definition) is 2. The molecule has 1 heterocycles. The van der Waals surface area contributed by atoms with Crippen LogP contribution in [-0.4, -0.2) is 27.6 Å². The molecule has 0 radical (unpaired) electrons. The third-order valence-corrected chi connectivity index (χ3v) is 2.31. The van der Waals surface area contributed by atoms with Crippen LogP contribution in [0.2, 0.25) is 0 Å². The number of hydrogen-bond donors (Lipinski definition) is 0. The fourth-order valence-corrected chi connectivity index (χ4v) is 1.40. The lowest BCUT2D eigenvalue weighted by atomic mass is 10.3. The zero-order chi connectivity index (χ0) is 11.3. The second-order valence-electron chi connectivity index (χ2n) is 3.66. The SMILES string of the molecule is CCCC(=O)N(C)Cc1ccn(CC)n1. The number of aromatic nitrogens is 2. The molecule has 4 nitrogen and oxygen atoms in total. The summed E-state index contributed by atoms with van der Waals surface area (Å²) in [6, 6.07) is 1.96. The van der Waals surface area contributed by atoms with Crippen LogP contribution in [0.15, 0.2) is 12.3 Å². The van der Waals surface area contributed by atoms with Crippen LogP contribution in [0.4, 0.5) is 0 Å². The van der Waals surface area contributed by atoms with Crippen molar-refractivity contribution in [3.63, 3.8) is 0 Å². The summed E-state index contributed by atoms with van der Waals surface area (Å²) in [5.74, 6) is 0.184. The zero-order valence-corrected chi connectivity index (χ0v) is 9.73. The Bertz CT molecular complexity index is 319. The van der Waals surface area contributed by atoms with Crippen LogP contribution in [0.5, 0.6) is 0 Å². The van der Waals surface area contributed by atoms with E-state index in [-0.39, 0.29) is 5.91 Å². The first-order chi connectivity index (χ1) is 7.17. The van der Waals surface area contributed by atoms with Gasteiger partial charge in [0.1, 0.15) is 0 Å². The molecule has 1 amide bonds. The Balaban J connectivity index is 2.50. The quantitative estimate of drug-likeness (QED) is 0.739. The van der Waals surface area contributed by atoms with Gasteiger partial charge in [0.2, 0.25) is 5.91 Å². The molecule has 0 spiro atoms. The molecule has 0 aromatic carbocycles. The number of carbonyl (C=O) groups is 1. The maximum absolute atomic E-state index is 11.5. The van der Waals surface area contributed by atoms with Crippen LogP contribution in [0, 0.1) is 0 Å². The van der Waals surface area contributed by atoms with E-state index in [2.05, 4.69) is 5.10 Å². The van der Waals surface area contributed by atoms with E-state index in [0.717, 1.165) is 18.7 Å². The van der Waals surface area contributed by atoms with Gasteiger partial charge in [-0.15, -0.1) is 0 Å². The normalized spacial score (nSPS) is 10.3. The third kappa shape index (κ3) is 3.38. The van der Waals surface area contributed by atoms with E-state index in [9.17, 15) is 4.79 Å². The minimum absolute atomic E-state index is 0.184. The van der Waals surface area contributed by atoms with Crippen molar-refractivity contribution in [3.05, 3.63) is 18.0 Å². The Kier molecular flexibility index (Phi) is 4.34. The topological polar surface area (TPSA) is 38.1 Å². The highest BCUT2D eigenvalue weighted by molar-refractivity contribution is 5.75. The van der Waals surface area contributed by atoms with Crippen molar-refractivity contribution in [1.29, 1.82) is 0 Å². The van der Waals surface area contributed by atoms with Gasteiger partial charge in [0.15, 0.2) is 0 Å². The predicted octanol–water partition coefficient (Wildman–Crippen LogP) is 1.66. The van der Waals surface area contributed by atoms with Gasteiger partial charge < -0.3 is 4.90 Å². The molecule has 0 saturated carbocycles. The van der Waals surface area contributed by atoms with Crippen LogP contribution in [0.3, 0.4) is 0 Å². The van der Waals surface area contributed by atoms with E-state index in [4.69, 9.17) is 0 Å². The second kappa shape index (κ2) is 5.53. The van der Waals surface area contributed by atoms with Gasteiger partial charge in [0, 0.05) is 26.2 Å².